The van der Waals surface area contributed by atoms with Gasteiger partial charge in [0.15, 0.2) is 5.78 Å². The first-order valence-electron chi connectivity index (χ1n) is 5.70. The van der Waals surface area contributed by atoms with Crippen LogP contribution in [0, 0.1) is 0 Å². The number of methoxy groups -OCH3 is 1. The van der Waals surface area contributed by atoms with E-state index in [1.54, 1.807) is 48.5 Å². The molecule has 2 nitrogen and oxygen atoms in total. The molecule has 0 radical (unpaired) electrons. The van der Waals surface area contributed by atoms with E-state index in [1.165, 1.54) is 7.11 Å². The molecule has 4 heteroatoms. The molecule has 1 unspecified atom stereocenters. The molecule has 0 saturated carbocycles. The number of halogens is 2. The Hall–Kier alpha value is -1.35. The van der Waals surface area contributed by atoms with Crippen LogP contribution in [0.25, 0.3) is 0 Å². The quantitative estimate of drug-likeness (QED) is 0.773. The lowest BCUT2D eigenvalue weighted by Crippen LogP contribution is -2.14. The maximum absolute atomic E-state index is 12.4. The highest BCUT2D eigenvalue weighted by atomic mass is 35.5. The van der Waals surface area contributed by atoms with Gasteiger partial charge in [0.25, 0.3) is 0 Å². The summed E-state index contributed by atoms with van der Waals surface area (Å²) in [5.74, 6) is -0.110. The number of ketones is 1. The van der Waals surface area contributed by atoms with Crippen molar-refractivity contribution in [3.63, 3.8) is 0 Å². The normalized spacial score (nSPS) is 12.2. The summed E-state index contributed by atoms with van der Waals surface area (Å²) in [6.07, 6.45) is -0.640. The second-order valence-electron chi connectivity index (χ2n) is 4.04. The van der Waals surface area contributed by atoms with Gasteiger partial charge in [0.05, 0.1) is 0 Å². The number of hydrogen-bond acceptors (Lipinski definition) is 2. The molecule has 0 bridgehead atoms. The predicted octanol–water partition coefficient (Wildman–Crippen LogP) is 4.56. The third kappa shape index (κ3) is 3.35. The SMILES string of the molecule is COC(C(=O)c1ccc(Cl)cc1)c1ccc(Cl)cc1. The lowest BCUT2D eigenvalue weighted by molar-refractivity contribution is 0.0604. The second-order valence-corrected chi connectivity index (χ2v) is 4.91. The van der Waals surface area contributed by atoms with Gasteiger partial charge in [0.1, 0.15) is 6.10 Å². The van der Waals surface area contributed by atoms with E-state index in [9.17, 15) is 4.79 Å². The fourth-order valence-electron chi connectivity index (χ4n) is 1.80. The van der Waals surface area contributed by atoms with Crippen LogP contribution in [0.5, 0.6) is 0 Å². The van der Waals surface area contributed by atoms with Crippen molar-refractivity contribution in [3.05, 3.63) is 69.7 Å². The van der Waals surface area contributed by atoms with Crippen molar-refractivity contribution in [2.75, 3.05) is 7.11 Å². The minimum Gasteiger partial charge on any atom is -0.369 e. The fourth-order valence-corrected chi connectivity index (χ4v) is 2.05. The fraction of sp³-hybridized carbons (Fsp3) is 0.133. The molecule has 98 valence electrons. The van der Waals surface area contributed by atoms with Crippen LogP contribution in [-0.4, -0.2) is 12.9 Å². The van der Waals surface area contributed by atoms with E-state index in [0.29, 0.717) is 15.6 Å². The summed E-state index contributed by atoms with van der Waals surface area (Å²) in [4.78, 5) is 12.4. The first-order chi connectivity index (χ1) is 9.11. The van der Waals surface area contributed by atoms with Crippen molar-refractivity contribution >= 4 is 29.0 Å². The van der Waals surface area contributed by atoms with E-state index >= 15 is 0 Å². The Balaban J connectivity index is 2.29. The van der Waals surface area contributed by atoms with Crippen molar-refractivity contribution in [1.29, 1.82) is 0 Å². The van der Waals surface area contributed by atoms with Crippen LogP contribution in [0.15, 0.2) is 48.5 Å². The number of hydrogen-bond donors (Lipinski definition) is 0. The number of ether oxygens (including phenoxy) is 1. The molecule has 0 spiro atoms. The van der Waals surface area contributed by atoms with E-state index in [4.69, 9.17) is 27.9 Å². The Bertz CT molecular complexity index is 562. The molecule has 2 aromatic carbocycles. The van der Waals surface area contributed by atoms with Gasteiger partial charge >= 0.3 is 0 Å². The number of benzene rings is 2. The minimum absolute atomic E-state index is 0.110. The molecule has 19 heavy (non-hydrogen) atoms. The van der Waals surface area contributed by atoms with E-state index in [1.807, 2.05) is 0 Å². The average molecular weight is 295 g/mol. The third-order valence-corrected chi connectivity index (χ3v) is 3.28. The maximum atomic E-state index is 12.4. The summed E-state index contributed by atoms with van der Waals surface area (Å²) in [7, 11) is 1.51. The van der Waals surface area contributed by atoms with Gasteiger partial charge < -0.3 is 4.74 Å². The van der Waals surface area contributed by atoms with Gasteiger partial charge in [-0.2, -0.15) is 0 Å². The highest BCUT2D eigenvalue weighted by Crippen LogP contribution is 2.24. The van der Waals surface area contributed by atoms with Gasteiger partial charge in [-0.05, 0) is 42.0 Å². The first-order valence-corrected chi connectivity index (χ1v) is 6.45. The highest BCUT2D eigenvalue weighted by Gasteiger charge is 2.21. The zero-order valence-electron chi connectivity index (χ0n) is 10.3. The molecule has 0 amide bonds. The Morgan fingerprint density at radius 3 is 1.89 bits per heavy atom. The molecule has 0 aromatic heterocycles. The monoisotopic (exact) mass is 294 g/mol. The van der Waals surface area contributed by atoms with Crippen molar-refractivity contribution in [3.8, 4) is 0 Å². The van der Waals surface area contributed by atoms with Crippen LogP contribution in [-0.2, 0) is 4.74 Å². The molecule has 2 aromatic rings. The van der Waals surface area contributed by atoms with Crippen molar-refractivity contribution in [2.24, 2.45) is 0 Å². The zero-order valence-corrected chi connectivity index (χ0v) is 11.8. The van der Waals surface area contributed by atoms with Crippen molar-refractivity contribution < 1.29 is 9.53 Å². The van der Waals surface area contributed by atoms with Crippen LogP contribution in [0.4, 0.5) is 0 Å². The van der Waals surface area contributed by atoms with Gasteiger partial charge in [0.2, 0.25) is 0 Å². The van der Waals surface area contributed by atoms with Crippen molar-refractivity contribution in [1.82, 2.24) is 0 Å². The molecule has 0 saturated heterocycles. The lowest BCUT2D eigenvalue weighted by Gasteiger charge is -2.14. The smallest absolute Gasteiger partial charge is 0.196 e. The van der Waals surface area contributed by atoms with E-state index in [2.05, 4.69) is 0 Å². The standard InChI is InChI=1S/C15H12Cl2O2/c1-19-15(11-4-8-13(17)9-5-11)14(18)10-2-6-12(16)7-3-10/h2-9,15H,1H3. The van der Waals surface area contributed by atoms with E-state index < -0.39 is 6.10 Å². The maximum Gasteiger partial charge on any atom is 0.196 e. The Labute approximate surface area is 121 Å². The largest absolute Gasteiger partial charge is 0.369 e. The second kappa shape index (κ2) is 6.20. The molecule has 0 N–H and O–H groups in total. The topological polar surface area (TPSA) is 26.3 Å². The molecule has 0 aliphatic heterocycles. The van der Waals surface area contributed by atoms with Gasteiger partial charge in [-0.1, -0.05) is 35.3 Å². The molecule has 0 heterocycles. The van der Waals surface area contributed by atoms with E-state index in [0.717, 1.165) is 5.56 Å². The van der Waals surface area contributed by atoms with Gasteiger partial charge in [-0.15, -0.1) is 0 Å². The Morgan fingerprint density at radius 2 is 1.42 bits per heavy atom. The Kier molecular flexibility index (Phi) is 4.59. The number of Topliss-reactive ketones (excluding diaryl/α,β-unsaturated/α-hetero) is 1. The molecule has 0 fully saturated rings. The minimum atomic E-state index is -0.640. The van der Waals surface area contributed by atoms with Crippen LogP contribution < -0.4 is 0 Å². The van der Waals surface area contributed by atoms with Crippen molar-refractivity contribution in [2.45, 2.75) is 6.10 Å². The summed E-state index contributed by atoms with van der Waals surface area (Å²) in [6, 6.07) is 13.8. The summed E-state index contributed by atoms with van der Waals surface area (Å²) in [6.45, 7) is 0. The number of carbonyl (C=O) groups excluding carboxylic acids is 1. The third-order valence-electron chi connectivity index (χ3n) is 2.78. The van der Waals surface area contributed by atoms with Crippen LogP contribution in [0.1, 0.15) is 22.0 Å². The van der Waals surface area contributed by atoms with Gasteiger partial charge in [0, 0.05) is 22.7 Å². The lowest BCUT2D eigenvalue weighted by atomic mass is 10.00. The average Bonchev–Trinajstić information content (AvgIpc) is 2.42. The summed E-state index contributed by atoms with van der Waals surface area (Å²) < 4.78 is 5.30. The molecule has 2 rings (SSSR count). The molecule has 1 atom stereocenters. The summed E-state index contributed by atoms with van der Waals surface area (Å²) >= 11 is 11.6. The van der Waals surface area contributed by atoms with Gasteiger partial charge in [-0.25, -0.2) is 0 Å². The highest BCUT2D eigenvalue weighted by molar-refractivity contribution is 6.31. The molecule has 0 aliphatic carbocycles. The molecule has 0 aliphatic rings. The summed E-state index contributed by atoms with van der Waals surface area (Å²) in [5.41, 5.74) is 1.33. The van der Waals surface area contributed by atoms with Gasteiger partial charge in [-0.3, -0.25) is 4.79 Å². The zero-order chi connectivity index (χ0) is 13.8. The number of carbonyl (C=O) groups is 1. The first kappa shape index (κ1) is 14.1. The Morgan fingerprint density at radius 1 is 0.947 bits per heavy atom. The molecular formula is C15H12Cl2O2. The van der Waals surface area contributed by atoms with Crippen LogP contribution >= 0.6 is 23.2 Å². The number of rotatable bonds is 4. The van der Waals surface area contributed by atoms with Crippen LogP contribution in [0.2, 0.25) is 10.0 Å². The van der Waals surface area contributed by atoms with Crippen LogP contribution in [0.3, 0.4) is 0 Å². The predicted molar refractivity (Wildman–Crippen MR) is 77.0 cm³/mol. The molecular weight excluding hydrogens is 283 g/mol. The van der Waals surface area contributed by atoms with E-state index in [-0.39, 0.29) is 5.78 Å². The summed E-state index contributed by atoms with van der Waals surface area (Å²) in [5, 5.41) is 1.22.